The maximum atomic E-state index is 12.3. The molecule has 21 heavy (non-hydrogen) atoms. The highest BCUT2D eigenvalue weighted by molar-refractivity contribution is 7.89. The van der Waals surface area contributed by atoms with E-state index in [2.05, 4.69) is 4.72 Å². The van der Waals surface area contributed by atoms with Gasteiger partial charge in [-0.25, -0.2) is 13.1 Å². The normalized spacial score (nSPS) is 21.9. The Balaban J connectivity index is 2.24. The molecule has 1 saturated carbocycles. The number of aryl methyl sites for hydroxylation is 1. The molecule has 0 aliphatic heterocycles. The van der Waals surface area contributed by atoms with Crippen molar-refractivity contribution >= 4 is 15.7 Å². The lowest BCUT2D eigenvalue weighted by molar-refractivity contribution is -0.385. The molecule has 1 fully saturated rings. The number of nitro benzene ring substituents is 1. The largest absolute Gasteiger partial charge is 0.393 e. The third-order valence-corrected chi connectivity index (χ3v) is 5.43. The Bertz CT molecular complexity index is 665. The van der Waals surface area contributed by atoms with Crippen LogP contribution in [0, 0.1) is 29.9 Å². The van der Waals surface area contributed by atoms with Crippen LogP contribution in [-0.2, 0) is 10.0 Å². The summed E-state index contributed by atoms with van der Waals surface area (Å²) in [4.78, 5) is 10.2. The van der Waals surface area contributed by atoms with Gasteiger partial charge in [-0.05, 0) is 43.7 Å². The number of aliphatic hydroxyl groups excluding tert-OH is 1. The summed E-state index contributed by atoms with van der Waals surface area (Å²) in [7, 11) is -3.79. The van der Waals surface area contributed by atoms with Gasteiger partial charge in [0, 0.05) is 18.7 Å². The predicted molar refractivity (Wildman–Crippen MR) is 76.5 cm³/mol. The number of hydrogen-bond donors (Lipinski definition) is 2. The van der Waals surface area contributed by atoms with Gasteiger partial charge >= 0.3 is 0 Å². The van der Waals surface area contributed by atoms with Crippen LogP contribution in [0.5, 0.6) is 0 Å². The van der Waals surface area contributed by atoms with E-state index in [9.17, 15) is 23.6 Å². The molecule has 0 aromatic heterocycles. The number of nitro groups is 1. The number of aliphatic hydroxyl groups is 1. The van der Waals surface area contributed by atoms with Crippen molar-refractivity contribution in [3.63, 3.8) is 0 Å². The fourth-order valence-electron chi connectivity index (χ4n) is 2.37. The second kappa shape index (κ2) is 5.70. The minimum Gasteiger partial charge on any atom is -0.393 e. The molecule has 1 aliphatic carbocycles. The molecule has 0 amide bonds. The van der Waals surface area contributed by atoms with Gasteiger partial charge in [0.15, 0.2) is 0 Å². The average molecular weight is 314 g/mol. The number of nitrogens with one attached hydrogen (secondary N) is 1. The van der Waals surface area contributed by atoms with Crippen molar-refractivity contribution < 1.29 is 18.4 Å². The van der Waals surface area contributed by atoms with Gasteiger partial charge in [0.1, 0.15) is 0 Å². The van der Waals surface area contributed by atoms with Crippen LogP contribution in [0.2, 0.25) is 0 Å². The maximum absolute atomic E-state index is 12.3. The third kappa shape index (κ3) is 3.39. The summed E-state index contributed by atoms with van der Waals surface area (Å²) in [5.74, 6) is 0.120. The van der Waals surface area contributed by atoms with Crippen LogP contribution in [0.3, 0.4) is 0 Å². The Morgan fingerprint density at radius 2 is 2.00 bits per heavy atom. The first-order chi connectivity index (χ1) is 9.70. The highest BCUT2D eigenvalue weighted by atomic mass is 32.2. The fraction of sp³-hybridized carbons (Fsp3) is 0.538. The molecule has 2 N–H and O–H groups in total. The van der Waals surface area contributed by atoms with Crippen LogP contribution in [0.4, 0.5) is 5.69 Å². The molecule has 1 aromatic rings. The summed E-state index contributed by atoms with van der Waals surface area (Å²) in [6, 6.07) is 2.44. The van der Waals surface area contributed by atoms with Gasteiger partial charge in [0.05, 0.1) is 15.9 Å². The molecular weight excluding hydrogens is 296 g/mol. The van der Waals surface area contributed by atoms with Crippen molar-refractivity contribution in [2.75, 3.05) is 6.54 Å². The number of rotatable bonds is 5. The van der Waals surface area contributed by atoms with Crippen LogP contribution in [-0.4, -0.2) is 31.1 Å². The summed E-state index contributed by atoms with van der Waals surface area (Å²) < 4.78 is 27.1. The van der Waals surface area contributed by atoms with Gasteiger partial charge in [-0.2, -0.15) is 0 Å². The first-order valence-electron chi connectivity index (χ1n) is 6.64. The average Bonchev–Trinajstić information content (AvgIpc) is 2.35. The molecule has 0 heterocycles. The molecule has 116 valence electrons. The second-order valence-corrected chi connectivity index (χ2v) is 7.22. The molecule has 2 rings (SSSR count). The number of hydrogen-bond acceptors (Lipinski definition) is 5. The van der Waals surface area contributed by atoms with Crippen LogP contribution in [0.25, 0.3) is 0 Å². The first-order valence-corrected chi connectivity index (χ1v) is 8.12. The second-order valence-electron chi connectivity index (χ2n) is 5.49. The van der Waals surface area contributed by atoms with Crippen molar-refractivity contribution in [3.05, 3.63) is 33.4 Å². The monoisotopic (exact) mass is 314 g/mol. The third-order valence-electron chi connectivity index (χ3n) is 3.88. The lowest BCUT2D eigenvalue weighted by atomic mass is 9.83. The Morgan fingerprint density at radius 1 is 1.38 bits per heavy atom. The standard InChI is InChI=1S/C13H18N2O5S/c1-8-3-11(15(17)18)6-13(9(8)2)21(19,20)14-7-10-4-12(16)5-10/h3,6,10,12,14,16H,4-5,7H2,1-2H3. The molecule has 0 bridgehead atoms. The van der Waals surface area contributed by atoms with Gasteiger partial charge < -0.3 is 5.11 Å². The minimum atomic E-state index is -3.79. The van der Waals surface area contributed by atoms with E-state index in [1.807, 2.05) is 0 Å². The minimum absolute atomic E-state index is 0.0610. The summed E-state index contributed by atoms with van der Waals surface area (Å²) in [6.45, 7) is 3.50. The molecule has 7 nitrogen and oxygen atoms in total. The maximum Gasteiger partial charge on any atom is 0.271 e. The summed E-state index contributed by atoms with van der Waals surface area (Å²) in [5.41, 5.74) is 0.822. The zero-order chi connectivity index (χ0) is 15.8. The van der Waals surface area contributed by atoms with E-state index < -0.39 is 14.9 Å². The molecule has 0 spiro atoms. The van der Waals surface area contributed by atoms with Crippen molar-refractivity contribution in [3.8, 4) is 0 Å². The fourth-order valence-corrected chi connectivity index (χ4v) is 3.82. The number of benzene rings is 1. The van der Waals surface area contributed by atoms with Crippen LogP contribution < -0.4 is 4.72 Å². The Morgan fingerprint density at radius 3 is 2.52 bits per heavy atom. The SMILES string of the molecule is Cc1cc([N+](=O)[O-])cc(S(=O)(=O)NCC2CC(O)C2)c1C. The van der Waals surface area contributed by atoms with Gasteiger partial charge in [0.2, 0.25) is 10.0 Å². The van der Waals surface area contributed by atoms with E-state index in [4.69, 9.17) is 0 Å². The predicted octanol–water partition coefficient (Wildman–Crippen LogP) is 1.26. The van der Waals surface area contributed by atoms with Crippen LogP contribution >= 0.6 is 0 Å². The van der Waals surface area contributed by atoms with E-state index in [1.165, 1.54) is 6.07 Å². The van der Waals surface area contributed by atoms with Crippen LogP contribution in [0.1, 0.15) is 24.0 Å². The summed E-state index contributed by atoms with van der Waals surface area (Å²) >= 11 is 0. The lowest BCUT2D eigenvalue weighted by Gasteiger charge is -2.31. The Labute approximate surface area is 123 Å². The smallest absolute Gasteiger partial charge is 0.271 e. The van der Waals surface area contributed by atoms with Gasteiger partial charge in [0.25, 0.3) is 5.69 Å². The molecule has 0 unspecified atom stereocenters. The summed E-state index contributed by atoms with van der Waals surface area (Å²) in [5, 5.41) is 20.1. The lowest BCUT2D eigenvalue weighted by Crippen LogP contribution is -2.38. The Kier molecular flexibility index (Phi) is 4.31. The van der Waals surface area contributed by atoms with E-state index in [-0.39, 0.29) is 29.1 Å². The number of nitrogens with zero attached hydrogens (tertiary/aromatic N) is 1. The zero-order valence-electron chi connectivity index (χ0n) is 11.9. The Hall–Kier alpha value is -1.51. The molecule has 0 radical (unpaired) electrons. The van der Waals surface area contributed by atoms with Crippen LogP contribution in [0.15, 0.2) is 17.0 Å². The molecule has 8 heteroatoms. The van der Waals surface area contributed by atoms with Gasteiger partial charge in [-0.1, -0.05) is 0 Å². The zero-order valence-corrected chi connectivity index (χ0v) is 12.7. The number of non-ortho nitro benzene ring substituents is 1. The molecule has 1 aliphatic rings. The molecule has 0 atom stereocenters. The van der Waals surface area contributed by atoms with Crippen molar-refractivity contribution in [1.29, 1.82) is 0 Å². The van der Waals surface area contributed by atoms with Crippen molar-refractivity contribution in [2.24, 2.45) is 5.92 Å². The highest BCUT2D eigenvalue weighted by Crippen LogP contribution is 2.28. The summed E-state index contributed by atoms with van der Waals surface area (Å²) in [6.07, 6.45) is 0.812. The van der Waals surface area contributed by atoms with E-state index >= 15 is 0 Å². The highest BCUT2D eigenvalue weighted by Gasteiger charge is 2.29. The topological polar surface area (TPSA) is 110 Å². The molecule has 1 aromatic carbocycles. The van der Waals surface area contributed by atoms with E-state index in [0.717, 1.165) is 6.07 Å². The number of sulfonamides is 1. The quantitative estimate of drug-likeness (QED) is 0.628. The van der Waals surface area contributed by atoms with Crippen molar-refractivity contribution in [2.45, 2.75) is 37.7 Å². The first kappa shape index (κ1) is 15.9. The van der Waals surface area contributed by atoms with E-state index in [0.29, 0.717) is 24.0 Å². The van der Waals surface area contributed by atoms with Crippen molar-refractivity contribution in [1.82, 2.24) is 4.72 Å². The molecular formula is C13H18N2O5S. The van der Waals surface area contributed by atoms with Gasteiger partial charge in [-0.15, -0.1) is 0 Å². The van der Waals surface area contributed by atoms with Gasteiger partial charge in [-0.3, -0.25) is 10.1 Å². The molecule has 0 saturated heterocycles. The van der Waals surface area contributed by atoms with E-state index in [1.54, 1.807) is 13.8 Å².